The van der Waals surface area contributed by atoms with Crippen LogP contribution in [-0.2, 0) is 15.9 Å². The van der Waals surface area contributed by atoms with Gasteiger partial charge in [-0.15, -0.1) is 11.3 Å². The Bertz CT molecular complexity index is 294. The monoisotopic (exact) mass is 277 g/mol. The smallest absolute Gasteiger partial charge is 0.0931 e. The minimum atomic E-state index is 0.759. The van der Waals surface area contributed by atoms with E-state index in [1.165, 1.54) is 4.88 Å². The van der Waals surface area contributed by atoms with Crippen LogP contribution in [0.1, 0.15) is 11.3 Å². The summed E-state index contributed by atoms with van der Waals surface area (Å²) in [6, 6.07) is 4.02. The van der Waals surface area contributed by atoms with Crippen molar-refractivity contribution in [2.24, 2.45) is 0 Å². The first-order valence-corrected chi connectivity index (χ1v) is 7.04. The molecule has 0 atom stereocenters. The van der Waals surface area contributed by atoms with Gasteiger partial charge in [-0.25, -0.2) is 0 Å². The van der Waals surface area contributed by atoms with Crippen molar-refractivity contribution in [2.45, 2.75) is 12.8 Å². The molecular weight excluding hydrogens is 258 g/mol. The molecule has 0 unspecified atom stereocenters. The Morgan fingerprint density at radius 2 is 2.12 bits per heavy atom. The Labute approximate surface area is 112 Å². The summed E-state index contributed by atoms with van der Waals surface area (Å²) < 4.78 is 11.2. The molecule has 1 aromatic rings. The van der Waals surface area contributed by atoms with E-state index in [9.17, 15) is 0 Å². The summed E-state index contributed by atoms with van der Waals surface area (Å²) in [5.41, 5.74) is 0. The highest BCUT2D eigenvalue weighted by molar-refractivity contribution is 7.16. The number of halogens is 1. The van der Waals surface area contributed by atoms with Crippen LogP contribution in [-0.4, -0.2) is 40.0 Å². The van der Waals surface area contributed by atoms with Crippen LogP contribution in [0.3, 0.4) is 0 Å². The molecule has 3 nitrogen and oxygen atoms in total. The van der Waals surface area contributed by atoms with Crippen LogP contribution in [0.25, 0.3) is 0 Å². The summed E-state index contributed by atoms with van der Waals surface area (Å²) >= 11 is 7.50. The Kier molecular flexibility index (Phi) is 8.65. The number of thiophene rings is 1. The van der Waals surface area contributed by atoms with Gasteiger partial charge in [0, 0.05) is 38.3 Å². The number of ether oxygens (including phenoxy) is 2. The lowest BCUT2D eigenvalue weighted by Crippen LogP contribution is -2.22. The number of hydrogen-bond acceptors (Lipinski definition) is 4. The second-order valence-corrected chi connectivity index (χ2v) is 5.46. The number of rotatable bonds is 10. The summed E-state index contributed by atoms with van der Waals surface area (Å²) in [6.07, 6.45) is 1.99. The average molecular weight is 278 g/mol. The van der Waals surface area contributed by atoms with Gasteiger partial charge < -0.3 is 14.8 Å². The SMILES string of the molecule is COCCCOCCNCCc1ccc(Cl)s1. The molecule has 0 fully saturated rings. The van der Waals surface area contributed by atoms with E-state index < -0.39 is 0 Å². The first-order chi connectivity index (χ1) is 8.33. The fourth-order valence-corrected chi connectivity index (χ4v) is 2.46. The third kappa shape index (κ3) is 7.73. The van der Waals surface area contributed by atoms with E-state index >= 15 is 0 Å². The van der Waals surface area contributed by atoms with E-state index in [4.69, 9.17) is 21.1 Å². The van der Waals surface area contributed by atoms with Crippen molar-refractivity contribution in [1.82, 2.24) is 5.32 Å². The van der Waals surface area contributed by atoms with Crippen LogP contribution < -0.4 is 5.32 Å². The summed E-state index contributed by atoms with van der Waals surface area (Å²) in [4.78, 5) is 1.32. The third-order valence-electron chi connectivity index (χ3n) is 2.24. The molecule has 0 aliphatic carbocycles. The Balaban J connectivity index is 1.84. The molecule has 1 rings (SSSR count). The second kappa shape index (κ2) is 9.85. The number of methoxy groups -OCH3 is 1. The van der Waals surface area contributed by atoms with Gasteiger partial charge in [-0.3, -0.25) is 0 Å². The summed E-state index contributed by atoms with van der Waals surface area (Å²) in [5.74, 6) is 0. The lowest BCUT2D eigenvalue weighted by molar-refractivity contribution is 0.104. The number of hydrogen-bond donors (Lipinski definition) is 1. The van der Waals surface area contributed by atoms with Gasteiger partial charge in [-0.2, -0.15) is 0 Å². The van der Waals surface area contributed by atoms with E-state index in [0.29, 0.717) is 0 Å². The van der Waals surface area contributed by atoms with Crippen molar-refractivity contribution in [2.75, 3.05) is 40.0 Å². The molecule has 5 heteroatoms. The van der Waals surface area contributed by atoms with E-state index in [-0.39, 0.29) is 0 Å². The predicted octanol–water partition coefficient (Wildman–Crippen LogP) is 2.59. The first-order valence-electron chi connectivity index (χ1n) is 5.84. The topological polar surface area (TPSA) is 30.5 Å². The van der Waals surface area contributed by atoms with Crippen molar-refractivity contribution < 1.29 is 9.47 Å². The Hall–Kier alpha value is -0.130. The largest absolute Gasteiger partial charge is 0.385 e. The maximum atomic E-state index is 5.85. The zero-order valence-electron chi connectivity index (χ0n) is 10.2. The zero-order valence-corrected chi connectivity index (χ0v) is 11.8. The molecule has 0 aliphatic rings. The number of nitrogens with one attached hydrogen (secondary N) is 1. The zero-order chi connectivity index (χ0) is 12.3. The van der Waals surface area contributed by atoms with Crippen LogP contribution >= 0.6 is 22.9 Å². The van der Waals surface area contributed by atoms with Gasteiger partial charge >= 0.3 is 0 Å². The fourth-order valence-electron chi connectivity index (χ4n) is 1.37. The predicted molar refractivity (Wildman–Crippen MR) is 73.2 cm³/mol. The van der Waals surface area contributed by atoms with E-state index in [2.05, 4.69) is 11.4 Å². The van der Waals surface area contributed by atoms with Gasteiger partial charge in [0.05, 0.1) is 10.9 Å². The molecule has 1 N–H and O–H groups in total. The molecule has 98 valence electrons. The van der Waals surface area contributed by atoms with E-state index in [0.717, 1.165) is 50.1 Å². The fraction of sp³-hybridized carbons (Fsp3) is 0.667. The van der Waals surface area contributed by atoms with Gasteiger partial charge in [0.25, 0.3) is 0 Å². The first kappa shape index (κ1) is 14.9. The van der Waals surface area contributed by atoms with E-state index in [1.807, 2.05) is 6.07 Å². The molecule has 0 spiro atoms. The summed E-state index contributed by atoms with van der Waals surface area (Å²) in [7, 11) is 1.71. The molecule has 1 heterocycles. The normalized spacial score (nSPS) is 10.9. The standard InChI is InChI=1S/C12H20ClNO2S/c1-15-8-2-9-16-10-7-14-6-5-11-3-4-12(13)17-11/h3-4,14H,2,5-10H2,1H3. The summed E-state index contributed by atoms with van der Waals surface area (Å²) in [6.45, 7) is 4.17. The maximum Gasteiger partial charge on any atom is 0.0931 e. The quantitative estimate of drug-likeness (QED) is 0.667. The Morgan fingerprint density at radius 3 is 2.82 bits per heavy atom. The van der Waals surface area contributed by atoms with Gasteiger partial charge in [0.1, 0.15) is 0 Å². The van der Waals surface area contributed by atoms with Gasteiger partial charge in [-0.05, 0) is 25.0 Å². The Morgan fingerprint density at radius 1 is 1.24 bits per heavy atom. The minimum absolute atomic E-state index is 0.759. The molecule has 0 aliphatic heterocycles. The molecule has 0 amide bonds. The highest BCUT2D eigenvalue weighted by atomic mass is 35.5. The van der Waals surface area contributed by atoms with Gasteiger partial charge in [0.2, 0.25) is 0 Å². The van der Waals surface area contributed by atoms with Crippen molar-refractivity contribution in [3.8, 4) is 0 Å². The van der Waals surface area contributed by atoms with Gasteiger partial charge in [-0.1, -0.05) is 11.6 Å². The summed E-state index contributed by atoms with van der Waals surface area (Å²) in [5, 5.41) is 3.34. The van der Waals surface area contributed by atoms with Crippen LogP contribution in [0.4, 0.5) is 0 Å². The molecule has 0 saturated carbocycles. The molecule has 0 saturated heterocycles. The average Bonchev–Trinajstić information content (AvgIpc) is 2.73. The molecule has 1 aromatic heterocycles. The lowest BCUT2D eigenvalue weighted by Gasteiger charge is -2.05. The van der Waals surface area contributed by atoms with Crippen molar-refractivity contribution in [3.05, 3.63) is 21.3 Å². The van der Waals surface area contributed by atoms with Crippen molar-refractivity contribution in [3.63, 3.8) is 0 Å². The highest BCUT2D eigenvalue weighted by Gasteiger charge is 1.97. The maximum absolute atomic E-state index is 5.85. The molecule has 0 bridgehead atoms. The van der Waals surface area contributed by atoms with Crippen LogP contribution in [0.15, 0.2) is 12.1 Å². The highest BCUT2D eigenvalue weighted by Crippen LogP contribution is 2.21. The van der Waals surface area contributed by atoms with Crippen LogP contribution in [0.5, 0.6) is 0 Å². The molecule has 0 radical (unpaired) electrons. The molecule has 0 aromatic carbocycles. The van der Waals surface area contributed by atoms with Crippen molar-refractivity contribution >= 4 is 22.9 Å². The molecule has 17 heavy (non-hydrogen) atoms. The molecular formula is C12H20ClNO2S. The minimum Gasteiger partial charge on any atom is -0.385 e. The van der Waals surface area contributed by atoms with Crippen LogP contribution in [0.2, 0.25) is 4.34 Å². The van der Waals surface area contributed by atoms with E-state index in [1.54, 1.807) is 18.4 Å². The lowest BCUT2D eigenvalue weighted by atomic mass is 10.3. The van der Waals surface area contributed by atoms with Gasteiger partial charge in [0.15, 0.2) is 0 Å². The van der Waals surface area contributed by atoms with Crippen molar-refractivity contribution in [1.29, 1.82) is 0 Å². The third-order valence-corrected chi connectivity index (χ3v) is 3.53. The second-order valence-electron chi connectivity index (χ2n) is 3.66. The van der Waals surface area contributed by atoms with Crippen LogP contribution in [0, 0.1) is 0 Å².